The average molecular weight is 669 g/mol. The van der Waals surface area contributed by atoms with Gasteiger partial charge in [0.15, 0.2) is 0 Å². The Bertz CT molecular complexity index is 1450. The van der Waals surface area contributed by atoms with E-state index in [0.717, 1.165) is 44.3 Å². The van der Waals surface area contributed by atoms with Crippen LogP contribution >= 0.6 is 0 Å². The van der Waals surface area contributed by atoms with Crippen LogP contribution in [-0.4, -0.2) is 111 Å². The van der Waals surface area contributed by atoms with Crippen molar-refractivity contribution in [3.8, 4) is 0 Å². The molecule has 3 atom stereocenters. The van der Waals surface area contributed by atoms with Crippen LogP contribution in [0, 0.1) is 11.3 Å². The Morgan fingerprint density at radius 2 is 1.71 bits per heavy atom. The van der Waals surface area contributed by atoms with Crippen LogP contribution in [0.5, 0.6) is 0 Å². The second kappa shape index (κ2) is 16.9. The summed E-state index contributed by atoms with van der Waals surface area (Å²) in [6, 6.07) is 7.68. The normalized spacial score (nSPS) is 20.7. The third kappa shape index (κ3) is 8.11. The van der Waals surface area contributed by atoms with Crippen molar-refractivity contribution in [1.82, 2.24) is 20.1 Å². The van der Waals surface area contributed by atoms with Gasteiger partial charge in [-0.3, -0.25) is 14.5 Å². The van der Waals surface area contributed by atoms with Gasteiger partial charge in [-0.25, -0.2) is 4.79 Å². The van der Waals surface area contributed by atoms with Gasteiger partial charge in [-0.15, -0.1) is 0 Å². The van der Waals surface area contributed by atoms with Crippen LogP contribution in [0.4, 0.5) is 0 Å². The first kappa shape index (κ1) is 36.0. The first-order valence-corrected chi connectivity index (χ1v) is 17.5. The fraction of sp³-hybridized carbons (Fsp3) is 0.639. The summed E-state index contributed by atoms with van der Waals surface area (Å²) in [5, 5.41) is 15.5. The van der Waals surface area contributed by atoms with E-state index in [1.165, 1.54) is 16.6 Å². The van der Waals surface area contributed by atoms with Crippen LogP contribution in [0.2, 0.25) is 0 Å². The van der Waals surface area contributed by atoms with Gasteiger partial charge in [-0.2, -0.15) is 0 Å². The highest BCUT2D eigenvalue weighted by Crippen LogP contribution is 2.56. The number of ether oxygens (including phenoxy) is 4. The lowest BCUT2D eigenvalue weighted by molar-refractivity contribution is -0.149. The minimum Gasteiger partial charge on any atom is -0.462 e. The summed E-state index contributed by atoms with van der Waals surface area (Å²) in [5.74, 6) is -1.17. The maximum absolute atomic E-state index is 14.0. The molecule has 1 aromatic heterocycles. The van der Waals surface area contributed by atoms with Gasteiger partial charge in [0.2, 0.25) is 5.91 Å². The standard InChI is InChI=1S/C36H52N4O8/c1-4-36-11-7-12-39-13-10-27-26-8-5-6-9-29(26)40(32(27)33(36)39)30(23-36)34(43)37-24-31(42)38-28(22-25(2)3)35(44)48-21-20-47-19-18-46-17-16-45-15-14-41/h5-6,8-9,23,25,28,33,41H,4,7,10-22,24H2,1-3H3,(H,37,43)(H,38,42)/t28-,33+,36-/m0/s1. The predicted molar refractivity (Wildman–Crippen MR) is 181 cm³/mol. The van der Waals surface area contributed by atoms with Crippen molar-refractivity contribution in [2.24, 2.45) is 11.3 Å². The number of aromatic nitrogens is 1. The number of hydrogen-bond acceptors (Lipinski definition) is 9. The molecule has 1 fully saturated rings. The first-order valence-electron chi connectivity index (χ1n) is 17.5. The number of amides is 2. The van der Waals surface area contributed by atoms with Gasteiger partial charge in [0.1, 0.15) is 18.3 Å². The summed E-state index contributed by atoms with van der Waals surface area (Å²) >= 11 is 0. The highest BCUT2D eigenvalue weighted by atomic mass is 16.6. The lowest BCUT2D eigenvalue weighted by atomic mass is 9.66. The van der Waals surface area contributed by atoms with Crippen LogP contribution in [0.3, 0.4) is 0 Å². The van der Waals surface area contributed by atoms with Crippen molar-refractivity contribution in [2.75, 3.05) is 72.5 Å². The number of aliphatic hydroxyl groups excluding tert-OH is 1. The molecule has 1 saturated heterocycles. The molecule has 3 N–H and O–H groups in total. The molecule has 5 rings (SSSR count). The van der Waals surface area contributed by atoms with Gasteiger partial charge in [0.05, 0.1) is 64.4 Å². The Labute approximate surface area is 283 Å². The van der Waals surface area contributed by atoms with Gasteiger partial charge in [0, 0.05) is 23.0 Å². The second-order valence-electron chi connectivity index (χ2n) is 13.3. The van der Waals surface area contributed by atoms with Crippen LogP contribution in [0.25, 0.3) is 16.6 Å². The van der Waals surface area contributed by atoms with Crippen molar-refractivity contribution in [3.05, 3.63) is 41.6 Å². The van der Waals surface area contributed by atoms with E-state index in [1.807, 2.05) is 19.9 Å². The number of nitrogens with one attached hydrogen (secondary N) is 2. The molecule has 264 valence electrons. The number of benzene rings is 1. The zero-order chi connectivity index (χ0) is 34.1. The Hall–Kier alpha value is -3.29. The molecule has 12 nitrogen and oxygen atoms in total. The molecule has 0 saturated carbocycles. The van der Waals surface area contributed by atoms with E-state index in [0.29, 0.717) is 38.5 Å². The summed E-state index contributed by atoms with van der Waals surface area (Å²) in [6.07, 6.45) is 6.55. The number of esters is 1. The minimum absolute atomic E-state index is 0.0222. The van der Waals surface area contributed by atoms with E-state index in [9.17, 15) is 14.4 Å². The lowest BCUT2D eigenvalue weighted by Crippen LogP contribution is -2.51. The van der Waals surface area contributed by atoms with E-state index in [1.54, 1.807) is 0 Å². The largest absolute Gasteiger partial charge is 0.462 e. The van der Waals surface area contributed by atoms with Gasteiger partial charge < -0.3 is 39.3 Å². The van der Waals surface area contributed by atoms with Crippen molar-refractivity contribution in [3.63, 3.8) is 0 Å². The number of hydrogen-bond donors (Lipinski definition) is 3. The van der Waals surface area contributed by atoms with Crippen LogP contribution in [-0.2, 0) is 39.8 Å². The van der Waals surface area contributed by atoms with Gasteiger partial charge in [-0.1, -0.05) is 39.0 Å². The maximum Gasteiger partial charge on any atom is 0.328 e. The minimum atomic E-state index is -0.844. The lowest BCUT2D eigenvalue weighted by Gasteiger charge is -2.53. The Balaban J connectivity index is 1.17. The zero-order valence-electron chi connectivity index (χ0n) is 28.6. The molecule has 0 radical (unpaired) electrons. The Morgan fingerprint density at radius 1 is 1.00 bits per heavy atom. The predicted octanol–water partition coefficient (Wildman–Crippen LogP) is 2.82. The van der Waals surface area contributed by atoms with Crippen molar-refractivity contribution < 1.29 is 38.4 Å². The van der Waals surface area contributed by atoms with Crippen molar-refractivity contribution in [2.45, 2.75) is 65.0 Å². The Kier molecular flexibility index (Phi) is 12.7. The number of carbonyl (C=O) groups excluding carboxylic acids is 3. The van der Waals surface area contributed by atoms with E-state index in [2.05, 4.69) is 51.3 Å². The van der Waals surface area contributed by atoms with E-state index < -0.39 is 17.9 Å². The average Bonchev–Trinajstić information content (AvgIpc) is 3.43. The maximum atomic E-state index is 14.0. The molecule has 2 amide bonds. The quantitative estimate of drug-likeness (QED) is 0.152. The first-order chi connectivity index (χ1) is 23.3. The summed E-state index contributed by atoms with van der Waals surface area (Å²) in [4.78, 5) is 42.6. The number of para-hydroxylation sites is 1. The molecule has 0 spiro atoms. The summed E-state index contributed by atoms with van der Waals surface area (Å²) in [5.41, 5.74) is 4.00. The van der Waals surface area contributed by atoms with Crippen LogP contribution in [0.1, 0.15) is 63.8 Å². The number of aliphatic hydroxyl groups is 1. The second-order valence-corrected chi connectivity index (χ2v) is 13.3. The smallest absolute Gasteiger partial charge is 0.328 e. The molecule has 1 aromatic carbocycles. The Morgan fingerprint density at radius 3 is 2.42 bits per heavy atom. The van der Waals surface area contributed by atoms with E-state index >= 15 is 0 Å². The highest BCUT2D eigenvalue weighted by Gasteiger charge is 2.51. The molecule has 3 aliphatic rings. The number of rotatable bonds is 19. The molecule has 12 heteroatoms. The monoisotopic (exact) mass is 668 g/mol. The molecule has 4 heterocycles. The zero-order valence-corrected chi connectivity index (χ0v) is 28.6. The number of carbonyl (C=O) groups is 3. The molecule has 0 aliphatic carbocycles. The SMILES string of the molecule is CC[C@@]12C=C(C(=O)NCC(=O)N[C@@H](CC(C)C)C(=O)OCCOCCOCCOCCO)n3c4c(c5ccccc53)CCN(CCC1)[C@H]42. The van der Waals surface area contributed by atoms with Gasteiger partial charge in [0.25, 0.3) is 5.91 Å². The topological polar surface area (TPSA) is 141 Å². The third-order valence-electron chi connectivity index (χ3n) is 9.67. The van der Waals surface area contributed by atoms with Crippen molar-refractivity contribution in [1.29, 1.82) is 0 Å². The molecule has 2 aromatic rings. The fourth-order valence-electron chi connectivity index (χ4n) is 7.54. The highest BCUT2D eigenvalue weighted by molar-refractivity contribution is 6.17. The summed E-state index contributed by atoms with van der Waals surface area (Å²) < 4.78 is 23.5. The number of fused-ring (bicyclic) bond motifs is 3. The molecule has 48 heavy (non-hydrogen) atoms. The number of nitrogens with zero attached hydrogens (tertiary/aromatic N) is 2. The molecule has 0 bridgehead atoms. The molecular formula is C36H52N4O8. The van der Waals surface area contributed by atoms with Gasteiger partial charge in [-0.05, 0) is 62.3 Å². The molecule has 0 unspecified atom stereocenters. The molecular weight excluding hydrogens is 616 g/mol. The summed E-state index contributed by atoms with van der Waals surface area (Å²) in [7, 11) is 0. The third-order valence-corrected chi connectivity index (χ3v) is 9.67. The van der Waals surface area contributed by atoms with Gasteiger partial charge >= 0.3 is 5.97 Å². The van der Waals surface area contributed by atoms with Crippen molar-refractivity contribution >= 4 is 34.4 Å². The van der Waals surface area contributed by atoms with Crippen LogP contribution in [0.15, 0.2) is 30.3 Å². The summed E-state index contributed by atoms with van der Waals surface area (Å²) in [6.45, 7) is 9.96. The van der Waals surface area contributed by atoms with Crippen LogP contribution < -0.4 is 10.6 Å². The van der Waals surface area contributed by atoms with E-state index in [-0.39, 0.29) is 56.3 Å². The fourth-order valence-corrected chi connectivity index (χ4v) is 7.54. The number of piperidine rings is 1. The van der Waals surface area contributed by atoms with E-state index in [4.69, 9.17) is 24.1 Å². The molecule has 3 aliphatic heterocycles.